The first kappa shape index (κ1) is 11.2. The molecule has 0 saturated carbocycles. The van der Waals surface area contributed by atoms with E-state index in [1.165, 1.54) is 4.90 Å². The third kappa shape index (κ3) is 1.99. The zero-order valence-electron chi connectivity index (χ0n) is 8.40. The van der Waals surface area contributed by atoms with Crippen molar-refractivity contribution in [2.45, 2.75) is 4.90 Å². The third-order valence-electron chi connectivity index (χ3n) is 2.09. The minimum absolute atomic E-state index is 0.268. The molecule has 1 aromatic heterocycles. The van der Waals surface area contributed by atoms with Crippen molar-refractivity contribution in [3.8, 4) is 17.4 Å². The van der Waals surface area contributed by atoms with Crippen molar-refractivity contribution in [1.29, 1.82) is 5.26 Å². The average Bonchev–Trinajstić information content (AvgIpc) is 2.70. The van der Waals surface area contributed by atoms with Crippen molar-refractivity contribution in [2.24, 2.45) is 0 Å². The second-order valence-corrected chi connectivity index (χ2v) is 4.69. The smallest absolute Gasteiger partial charge is 0.198 e. The molecule has 5 heteroatoms. The lowest BCUT2D eigenvalue weighted by Crippen LogP contribution is -1.76. The molecule has 16 heavy (non-hydrogen) atoms. The van der Waals surface area contributed by atoms with Crippen LogP contribution in [0.15, 0.2) is 38.2 Å². The van der Waals surface area contributed by atoms with Gasteiger partial charge in [-0.05, 0) is 46.5 Å². The standard InChI is InChI=1S/C11H7BrN2OS/c1-16-8-4-2-7(3-5-8)11-10(12)9(6-13)14-15-11/h2-5H,1H3. The molecule has 0 unspecified atom stereocenters. The number of benzene rings is 1. The fourth-order valence-electron chi connectivity index (χ4n) is 1.27. The molecule has 0 radical (unpaired) electrons. The molecule has 0 amide bonds. The normalized spacial score (nSPS) is 10.1. The average molecular weight is 295 g/mol. The van der Waals surface area contributed by atoms with Crippen LogP contribution in [0.2, 0.25) is 0 Å². The van der Waals surface area contributed by atoms with E-state index in [0.29, 0.717) is 10.2 Å². The Morgan fingerprint density at radius 2 is 2.06 bits per heavy atom. The molecule has 2 rings (SSSR count). The number of nitriles is 1. The Morgan fingerprint density at radius 1 is 1.38 bits per heavy atom. The SMILES string of the molecule is CSc1ccc(-c2onc(C#N)c2Br)cc1. The van der Waals surface area contributed by atoms with Gasteiger partial charge in [-0.15, -0.1) is 11.8 Å². The number of thioether (sulfide) groups is 1. The van der Waals surface area contributed by atoms with Gasteiger partial charge in [0.15, 0.2) is 11.5 Å². The van der Waals surface area contributed by atoms with Gasteiger partial charge in [0.25, 0.3) is 0 Å². The van der Waals surface area contributed by atoms with E-state index in [-0.39, 0.29) is 5.69 Å². The maximum atomic E-state index is 8.76. The summed E-state index contributed by atoms with van der Waals surface area (Å²) in [4.78, 5) is 1.18. The largest absolute Gasteiger partial charge is 0.354 e. The Balaban J connectivity index is 2.43. The van der Waals surface area contributed by atoms with E-state index in [2.05, 4.69) is 21.1 Å². The maximum Gasteiger partial charge on any atom is 0.198 e. The highest BCUT2D eigenvalue weighted by molar-refractivity contribution is 9.10. The molecule has 0 saturated heterocycles. The molecule has 1 heterocycles. The van der Waals surface area contributed by atoms with E-state index in [9.17, 15) is 0 Å². The summed E-state index contributed by atoms with van der Waals surface area (Å²) in [7, 11) is 0. The zero-order chi connectivity index (χ0) is 11.5. The first-order valence-corrected chi connectivity index (χ1v) is 6.47. The van der Waals surface area contributed by atoms with Crippen LogP contribution in [0.4, 0.5) is 0 Å². The van der Waals surface area contributed by atoms with Crippen molar-refractivity contribution in [2.75, 3.05) is 6.26 Å². The Kier molecular flexibility index (Phi) is 3.32. The molecule has 0 aliphatic rings. The van der Waals surface area contributed by atoms with Crippen LogP contribution in [0, 0.1) is 11.3 Å². The van der Waals surface area contributed by atoms with Gasteiger partial charge in [0, 0.05) is 10.5 Å². The van der Waals surface area contributed by atoms with E-state index in [0.717, 1.165) is 5.56 Å². The molecule has 3 nitrogen and oxygen atoms in total. The van der Waals surface area contributed by atoms with E-state index >= 15 is 0 Å². The molecule has 0 aliphatic heterocycles. The number of halogens is 1. The summed E-state index contributed by atoms with van der Waals surface area (Å²) in [6, 6.07) is 9.84. The van der Waals surface area contributed by atoms with Crippen molar-refractivity contribution in [1.82, 2.24) is 5.16 Å². The molecule has 0 bridgehead atoms. The Hall–Kier alpha value is -1.25. The van der Waals surface area contributed by atoms with Gasteiger partial charge in [-0.3, -0.25) is 0 Å². The number of nitrogens with zero attached hydrogens (tertiary/aromatic N) is 2. The molecular weight excluding hydrogens is 288 g/mol. The Labute approximate surface area is 106 Å². The quantitative estimate of drug-likeness (QED) is 0.793. The fourth-order valence-corrected chi connectivity index (χ4v) is 2.14. The predicted octanol–water partition coefficient (Wildman–Crippen LogP) is 3.70. The number of rotatable bonds is 2. The lowest BCUT2D eigenvalue weighted by molar-refractivity contribution is 0.430. The van der Waals surface area contributed by atoms with Gasteiger partial charge in [0.05, 0.1) is 0 Å². The first-order valence-electron chi connectivity index (χ1n) is 4.46. The van der Waals surface area contributed by atoms with Crippen LogP contribution in [0.1, 0.15) is 5.69 Å². The van der Waals surface area contributed by atoms with Gasteiger partial charge in [0.2, 0.25) is 0 Å². The summed E-state index contributed by atoms with van der Waals surface area (Å²) in [5, 5.41) is 12.4. The monoisotopic (exact) mass is 294 g/mol. The van der Waals surface area contributed by atoms with Crippen molar-refractivity contribution in [3.05, 3.63) is 34.4 Å². The van der Waals surface area contributed by atoms with Gasteiger partial charge >= 0.3 is 0 Å². The Morgan fingerprint density at radius 3 is 2.56 bits per heavy atom. The number of hydrogen-bond acceptors (Lipinski definition) is 4. The molecule has 0 atom stereocenters. The second kappa shape index (κ2) is 4.73. The minimum atomic E-state index is 0.268. The van der Waals surface area contributed by atoms with Crippen LogP contribution in [0.5, 0.6) is 0 Å². The Bertz CT molecular complexity index is 542. The van der Waals surface area contributed by atoms with Crippen molar-refractivity contribution >= 4 is 27.7 Å². The van der Waals surface area contributed by atoms with Crippen LogP contribution in [-0.2, 0) is 0 Å². The topological polar surface area (TPSA) is 49.8 Å². The molecule has 80 valence electrons. The molecule has 0 fully saturated rings. The molecule has 0 aliphatic carbocycles. The van der Waals surface area contributed by atoms with E-state index in [1.54, 1.807) is 11.8 Å². The molecule has 0 N–H and O–H groups in total. The maximum absolute atomic E-state index is 8.76. The molecular formula is C11H7BrN2OS. The summed E-state index contributed by atoms with van der Waals surface area (Å²) < 4.78 is 5.72. The minimum Gasteiger partial charge on any atom is -0.354 e. The van der Waals surface area contributed by atoms with Crippen LogP contribution >= 0.6 is 27.7 Å². The number of aromatic nitrogens is 1. The summed E-state index contributed by atoms with van der Waals surface area (Å²) in [6.45, 7) is 0. The lowest BCUT2D eigenvalue weighted by atomic mass is 10.2. The van der Waals surface area contributed by atoms with Gasteiger partial charge in [-0.2, -0.15) is 5.26 Å². The second-order valence-electron chi connectivity index (χ2n) is 3.01. The van der Waals surface area contributed by atoms with Gasteiger partial charge < -0.3 is 4.52 Å². The molecule has 1 aromatic carbocycles. The van der Waals surface area contributed by atoms with Crippen LogP contribution in [-0.4, -0.2) is 11.4 Å². The highest BCUT2D eigenvalue weighted by Gasteiger charge is 2.14. The highest BCUT2D eigenvalue weighted by atomic mass is 79.9. The van der Waals surface area contributed by atoms with E-state index < -0.39 is 0 Å². The van der Waals surface area contributed by atoms with Gasteiger partial charge in [-0.25, -0.2) is 0 Å². The molecule has 0 spiro atoms. The predicted molar refractivity (Wildman–Crippen MR) is 66.1 cm³/mol. The highest BCUT2D eigenvalue weighted by Crippen LogP contribution is 2.31. The van der Waals surface area contributed by atoms with E-state index in [1.807, 2.05) is 36.6 Å². The lowest BCUT2D eigenvalue weighted by Gasteiger charge is -1.98. The zero-order valence-corrected chi connectivity index (χ0v) is 10.8. The van der Waals surface area contributed by atoms with Gasteiger partial charge in [-0.1, -0.05) is 5.16 Å². The van der Waals surface area contributed by atoms with Crippen molar-refractivity contribution < 1.29 is 4.52 Å². The number of hydrogen-bond donors (Lipinski definition) is 0. The van der Waals surface area contributed by atoms with Crippen LogP contribution < -0.4 is 0 Å². The fraction of sp³-hybridized carbons (Fsp3) is 0.0909. The summed E-state index contributed by atoms with van der Waals surface area (Å²) in [5.41, 5.74) is 1.17. The summed E-state index contributed by atoms with van der Waals surface area (Å²) in [5.74, 6) is 0.587. The molecule has 2 aromatic rings. The van der Waals surface area contributed by atoms with Crippen LogP contribution in [0.25, 0.3) is 11.3 Å². The van der Waals surface area contributed by atoms with Gasteiger partial charge in [0.1, 0.15) is 10.5 Å². The summed E-state index contributed by atoms with van der Waals surface area (Å²) in [6.07, 6.45) is 2.02. The van der Waals surface area contributed by atoms with Crippen molar-refractivity contribution in [3.63, 3.8) is 0 Å². The third-order valence-corrected chi connectivity index (χ3v) is 3.57. The van der Waals surface area contributed by atoms with Crippen LogP contribution in [0.3, 0.4) is 0 Å². The first-order chi connectivity index (χ1) is 7.76. The summed E-state index contributed by atoms with van der Waals surface area (Å²) >= 11 is 4.98. The van der Waals surface area contributed by atoms with E-state index in [4.69, 9.17) is 9.78 Å².